The fraction of sp³-hybridized carbons (Fsp3) is 0.467. The van der Waals surface area contributed by atoms with E-state index in [1.165, 1.54) is 19.2 Å². The van der Waals surface area contributed by atoms with E-state index in [1.54, 1.807) is 0 Å². The molecule has 1 amide bonds. The van der Waals surface area contributed by atoms with Gasteiger partial charge in [0.25, 0.3) is 5.91 Å². The third-order valence-corrected chi connectivity index (χ3v) is 3.82. The molecule has 0 bridgehead atoms. The molecule has 6 heteroatoms. The standard InChI is InChI=1S/C15H18FNO4/c1-21-13-7-4-10(16)8-12(13)14(18)17-11-5-2-9(3-6-11)15(19)20/h4,7-9,11H,2-3,5-6H2,1H3,(H,17,18)(H,19,20). The Labute approximate surface area is 122 Å². The molecule has 2 N–H and O–H groups in total. The molecule has 0 atom stereocenters. The van der Waals surface area contributed by atoms with E-state index in [1.807, 2.05) is 0 Å². The van der Waals surface area contributed by atoms with Crippen LogP contribution in [0, 0.1) is 11.7 Å². The average Bonchev–Trinajstić information content (AvgIpc) is 2.47. The Morgan fingerprint density at radius 2 is 1.95 bits per heavy atom. The summed E-state index contributed by atoms with van der Waals surface area (Å²) in [6.07, 6.45) is 2.31. The van der Waals surface area contributed by atoms with E-state index in [0.29, 0.717) is 31.4 Å². The van der Waals surface area contributed by atoms with Crippen LogP contribution in [0.3, 0.4) is 0 Å². The summed E-state index contributed by atoms with van der Waals surface area (Å²) in [5.41, 5.74) is 0.151. The number of aliphatic carboxylic acids is 1. The van der Waals surface area contributed by atoms with Gasteiger partial charge in [0.1, 0.15) is 11.6 Å². The Morgan fingerprint density at radius 1 is 1.29 bits per heavy atom. The third kappa shape index (κ3) is 3.71. The molecular weight excluding hydrogens is 277 g/mol. The van der Waals surface area contributed by atoms with E-state index in [2.05, 4.69) is 5.32 Å². The van der Waals surface area contributed by atoms with E-state index < -0.39 is 17.7 Å². The minimum atomic E-state index is -0.786. The third-order valence-electron chi connectivity index (χ3n) is 3.82. The topological polar surface area (TPSA) is 75.6 Å². The number of nitrogens with one attached hydrogen (secondary N) is 1. The van der Waals surface area contributed by atoms with Crippen LogP contribution in [-0.2, 0) is 4.79 Å². The molecule has 0 saturated heterocycles. The van der Waals surface area contributed by atoms with Gasteiger partial charge in [0, 0.05) is 6.04 Å². The highest BCUT2D eigenvalue weighted by molar-refractivity contribution is 5.97. The monoisotopic (exact) mass is 295 g/mol. The molecule has 21 heavy (non-hydrogen) atoms. The second-order valence-corrected chi connectivity index (χ2v) is 5.20. The van der Waals surface area contributed by atoms with Crippen LogP contribution < -0.4 is 10.1 Å². The van der Waals surface area contributed by atoms with Gasteiger partial charge >= 0.3 is 5.97 Å². The minimum absolute atomic E-state index is 0.0823. The van der Waals surface area contributed by atoms with Crippen LogP contribution in [0.25, 0.3) is 0 Å². The normalized spacial score (nSPS) is 21.6. The lowest BCUT2D eigenvalue weighted by molar-refractivity contribution is -0.142. The smallest absolute Gasteiger partial charge is 0.306 e. The van der Waals surface area contributed by atoms with Crippen molar-refractivity contribution in [3.63, 3.8) is 0 Å². The summed E-state index contributed by atoms with van der Waals surface area (Å²) < 4.78 is 18.3. The minimum Gasteiger partial charge on any atom is -0.496 e. The summed E-state index contributed by atoms with van der Waals surface area (Å²) in [6, 6.07) is 3.69. The Kier molecular flexibility index (Phi) is 4.77. The number of carbonyl (C=O) groups excluding carboxylic acids is 1. The maximum absolute atomic E-state index is 13.3. The number of hydrogen-bond acceptors (Lipinski definition) is 3. The largest absolute Gasteiger partial charge is 0.496 e. The fourth-order valence-electron chi connectivity index (χ4n) is 2.61. The Morgan fingerprint density at radius 3 is 2.52 bits per heavy atom. The zero-order chi connectivity index (χ0) is 15.4. The van der Waals surface area contributed by atoms with Crippen molar-refractivity contribution in [3.8, 4) is 5.75 Å². The molecule has 0 unspecified atom stereocenters. The van der Waals surface area contributed by atoms with Crippen LogP contribution in [0.1, 0.15) is 36.0 Å². The molecule has 0 spiro atoms. The summed E-state index contributed by atoms with van der Waals surface area (Å²) in [5.74, 6) is -1.71. The number of methoxy groups -OCH3 is 1. The lowest BCUT2D eigenvalue weighted by Gasteiger charge is -2.27. The molecule has 0 aliphatic heterocycles. The number of halogens is 1. The molecule has 1 aromatic carbocycles. The molecule has 0 heterocycles. The number of rotatable bonds is 4. The molecule has 1 saturated carbocycles. The van der Waals surface area contributed by atoms with E-state index in [9.17, 15) is 14.0 Å². The molecule has 114 valence electrons. The summed E-state index contributed by atoms with van der Waals surface area (Å²) in [5, 5.41) is 11.8. The summed E-state index contributed by atoms with van der Waals surface area (Å²) in [7, 11) is 1.42. The van der Waals surface area contributed by atoms with Gasteiger partial charge in [-0.3, -0.25) is 9.59 Å². The van der Waals surface area contributed by atoms with Crippen molar-refractivity contribution in [2.24, 2.45) is 5.92 Å². The van der Waals surface area contributed by atoms with E-state index in [0.717, 1.165) is 6.07 Å². The van der Waals surface area contributed by atoms with Crippen molar-refractivity contribution in [1.29, 1.82) is 0 Å². The van der Waals surface area contributed by atoms with Crippen molar-refractivity contribution >= 4 is 11.9 Å². The van der Waals surface area contributed by atoms with Crippen LogP contribution in [-0.4, -0.2) is 30.1 Å². The number of carboxylic acids is 1. The van der Waals surface area contributed by atoms with E-state index >= 15 is 0 Å². The molecule has 1 aromatic rings. The Hall–Kier alpha value is -2.11. The summed E-state index contributed by atoms with van der Waals surface area (Å²) >= 11 is 0. The quantitative estimate of drug-likeness (QED) is 0.893. The molecule has 0 radical (unpaired) electrons. The molecule has 2 rings (SSSR count). The predicted octanol–water partition coefficient (Wildman–Crippen LogP) is 2.21. The van der Waals surface area contributed by atoms with Crippen LogP contribution in [0.4, 0.5) is 4.39 Å². The summed E-state index contributed by atoms with van der Waals surface area (Å²) in [4.78, 5) is 23.1. The number of benzene rings is 1. The molecule has 5 nitrogen and oxygen atoms in total. The second-order valence-electron chi connectivity index (χ2n) is 5.20. The first-order chi connectivity index (χ1) is 10.0. The van der Waals surface area contributed by atoms with Crippen LogP contribution in [0.2, 0.25) is 0 Å². The van der Waals surface area contributed by atoms with Crippen molar-refractivity contribution < 1.29 is 23.8 Å². The highest BCUT2D eigenvalue weighted by atomic mass is 19.1. The Bertz CT molecular complexity index is 538. The zero-order valence-electron chi connectivity index (χ0n) is 11.8. The highest BCUT2D eigenvalue weighted by Crippen LogP contribution is 2.25. The number of amides is 1. The van der Waals surface area contributed by atoms with Gasteiger partial charge in [-0.1, -0.05) is 0 Å². The summed E-state index contributed by atoms with van der Waals surface area (Å²) in [6.45, 7) is 0. The van der Waals surface area contributed by atoms with Gasteiger partial charge in [0.05, 0.1) is 18.6 Å². The molecule has 1 aliphatic carbocycles. The average molecular weight is 295 g/mol. The first-order valence-electron chi connectivity index (χ1n) is 6.88. The van der Waals surface area contributed by atoms with Crippen molar-refractivity contribution in [2.75, 3.05) is 7.11 Å². The van der Waals surface area contributed by atoms with Crippen LogP contribution >= 0.6 is 0 Å². The van der Waals surface area contributed by atoms with E-state index in [-0.39, 0.29) is 17.5 Å². The maximum atomic E-state index is 13.3. The first-order valence-corrected chi connectivity index (χ1v) is 6.88. The number of hydrogen-bond donors (Lipinski definition) is 2. The van der Waals surface area contributed by atoms with Gasteiger partial charge in [-0.15, -0.1) is 0 Å². The van der Waals surface area contributed by atoms with E-state index in [4.69, 9.17) is 9.84 Å². The number of carbonyl (C=O) groups is 2. The number of carboxylic acid groups (broad SMARTS) is 1. The maximum Gasteiger partial charge on any atom is 0.306 e. The molecule has 0 aromatic heterocycles. The van der Waals surface area contributed by atoms with Gasteiger partial charge in [-0.05, 0) is 43.9 Å². The molecule has 1 aliphatic rings. The van der Waals surface area contributed by atoms with Gasteiger partial charge in [0.15, 0.2) is 0 Å². The van der Waals surface area contributed by atoms with Gasteiger partial charge < -0.3 is 15.2 Å². The van der Waals surface area contributed by atoms with Crippen molar-refractivity contribution in [1.82, 2.24) is 5.32 Å². The van der Waals surface area contributed by atoms with Crippen molar-refractivity contribution in [2.45, 2.75) is 31.7 Å². The van der Waals surface area contributed by atoms with Crippen molar-refractivity contribution in [3.05, 3.63) is 29.6 Å². The number of ether oxygens (including phenoxy) is 1. The van der Waals surface area contributed by atoms with Gasteiger partial charge in [0.2, 0.25) is 0 Å². The lowest BCUT2D eigenvalue weighted by atomic mass is 9.86. The molecular formula is C15H18FNO4. The SMILES string of the molecule is COc1ccc(F)cc1C(=O)NC1CCC(C(=O)O)CC1. The van der Waals surface area contributed by atoms with Crippen LogP contribution in [0.15, 0.2) is 18.2 Å². The Balaban J connectivity index is 1.99. The second kappa shape index (κ2) is 6.56. The predicted molar refractivity (Wildman–Crippen MR) is 73.8 cm³/mol. The van der Waals surface area contributed by atoms with Crippen LogP contribution in [0.5, 0.6) is 5.75 Å². The molecule has 1 fully saturated rings. The van der Waals surface area contributed by atoms with Gasteiger partial charge in [-0.25, -0.2) is 4.39 Å². The van der Waals surface area contributed by atoms with Gasteiger partial charge in [-0.2, -0.15) is 0 Å². The lowest BCUT2D eigenvalue weighted by Crippen LogP contribution is -2.38. The zero-order valence-corrected chi connectivity index (χ0v) is 11.8. The fourth-order valence-corrected chi connectivity index (χ4v) is 2.61. The highest BCUT2D eigenvalue weighted by Gasteiger charge is 2.27. The first kappa shape index (κ1) is 15.3.